The second-order valence-electron chi connectivity index (χ2n) is 7.75. The third kappa shape index (κ3) is 3.38. The van der Waals surface area contributed by atoms with Crippen molar-refractivity contribution in [2.24, 2.45) is 0 Å². The molecule has 0 aromatic heterocycles. The molecule has 0 saturated carbocycles. The molecule has 0 N–H and O–H groups in total. The smallest absolute Gasteiger partial charge is 0.304 e. The van der Waals surface area contributed by atoms with E-state index in [-0.39, 0.29) is 23.9 Å². The minimum atomic E-state index is -4.51. The van der Waals surface area contributed by atoms with E-state index in [1.54, 1.807) is 30.3 Å². The molecular formula is C24H16F4N2O2S. The number of anilines is 2. The molecule has 1 saturated heterocycles. The van der Waals surface area contributed by atoms with Gasteiger partial charge in [0.2, 0.25) is 10.8 Å². The number of fused-ring (bicyclic) bond motifs is 2. The Balaban J connectivity index is 1.61. The Bertz CT molecular complexity index is 1280. The summed E-state index contributed by atoms with van der Waals surface area (Å²) in [6.07, 6.45) is -4.51. The van der Waals surface area contributed by atoms with Crippen LogP contribution in [0, 0.1) is 5.82 Å². The third-order valence-corrected chi connectivity index (χ3v) is 7.11. The predicted molar refractivity (Wildman–Crippen MR) is 117 cm³/mol. The van der Waals surface area contributed by atoms with E-state index in [1.807, 2.05) is 0 Å². The van der Waals surface area contributed by atoms with Gasteiger partial charge in [0.15, 0.2) is 0 Å². The summed E-state index contributed by atoms with van der Waals surface area (Å²) in [7, 11) is 0. The summed E-state index contributed by atoms with van der Waals surface area (Å²) in [5, 5.41) is 0. The van der Waals surface area contributed by atoms with Crippen LogP contribution in [0.5, 0.6) is 0 Å². The molecule has 4 nitrogen and oxygen atoms in total. The highest BCUT2D eigenvalue weighted by Crippen LogP contribution is 2.56. The average Bonchev–Trinajstić information content (AvgIpc) is 3.24. The van der Waals surface area contributed by atoms with Crippen molar-refractivity contribution in [1.82, 2.24) is 0 Å². The molecule has 1 atom stereocenters. The first-order chi connectivity index (χ1) is 15.7. The van der Waals surface area contributed by atoms with Crippen LogP contribution in [0.3, 0.4) is 0 Å². The minimum Gasteiger partial charge on any atom is -0.304 e. The molecule has 9 heteroatoms. The van der Waals surface area contributed by atoms with Crippen LogP contribution < -0.4 is 9.80 Å². The fraction of sp³-hybridized carbons (Fsp3) is 0.167. The fourth-order valence-electron chi connectivity index (χ4n) is 4.36. The van der Waals surface area contributed by atoms with Crippen molar-refractivity contribution in [3.05, 3.63) is 95.3 Å². The molecule has 0 bridgehead atoms. The van der Waals surface area contributed by atoms with Crippen LogP contribution in [0.25, 0.3) is 0 Å². The average molecular weight is 472 g/mol. The molecule has 1 spiro atoms. The molecule has 2 amide bonds. The van der Waals surface area contributed by atoms with Crippen LogP contribution in [-0.4, -0.2) is 17.6 Å². The Morgan fingerprint density at radius 3 is 2.45 bits per heavy atom. The van der Waals surface area contributed by atoms with Gasteiger partial charge in [0.25, 0.3) is 5.91 Å². The zero-order valence-corrected chi connectivity index (χ0v) is 17.8. The molecule has 33 heavy (non-hydrogen) atoms. The van der Waals surface area contributed by atoms with E-state index in [4.69, 9.17) is 0 Å². The largest absolute Gasteiger partial charge is 0.416 e. The van der Waals surface area contributed by atoms with Crippen molar-refractivity contribution in [3.63, 3.8) is 0 Å². The molecule has 0 radical (unpaired) electrons. The summed E-state index contributed by atoms with van der Waals surface area (Å²) < 4.78 is 53.6. The lowest BCUT2D eigenvalue weighted by Crippen LogP contribution is -2.49. The van der Waals surface area contributed by atoms with E-state index >= 15 is 0 Å². The highest BCUT2D eigenvalue weighted by atomic mass is 32.2. The normalized spacial score (nSPS) is 20.1. The van der Waals surface area contributed by atoms with E-state index in [0.717, 1.165) is 23.9 Å². The molecule has 3 aromatic carbocycles. The number of amides is 2. The maximum absolute atomic E-state index is 14.0. The molecular weight excluding hydrogens is 456 g/mol. The number of alkyl halides is 3. The number of thioether (sulfide) groups is 1. The number of halogens is 4. The summed E-state index contributed by atoms with van der Waals surface area (Å²) in [5.74, 6) is -1.35. The molecule has 0 unspecified atom stereocenters. The molecule has 168 valence electrons. The van der Waals surface area contributed by atoms with Crippen molar-refractivity contribution < 1.29 is 27.2 Å². The molecule has 1 fully saturated rings. The SMILES string of the molecule is O=C1CS[C@@]2(C(=O)N(Cc3cccc(C(F)(F)F)c3)c3ccccc32)N1c1cccc(F)c1. The third-order valence-electron chi connectivity index (χ3n) is 5.73. The Morgan fingerprint density at radius 1 is 0.939 bits per heavy atom. The van der Waals surface area contributed by atoms with Gasteiger partial charge in [0, 0.05) is 11.3 Å². The molecule has 2 heterocycles. The van der Waals surface area contributed by atoms with Gasteiger partial charge in [-0.2, -0.15) is 13.2 Å². The van der Waals surface area contributed by atoms with E-state index in [2.05, 4.69) is 0 Å². The van der Waals surface area contributed by atoms with Crippen LogP contribution in [0.1, 0.15) is 16.7 Å². The first-order valence-electron chi connectivity index (χ1n) is 10.0. The predicted octanol–water partition coefficient (Wildman–Crippen LogP) is 5.32. The second kappa shape index (κ2) is 7.62. The number of hydrogen-bond donors (Lipinski definition) is 0. The Kier molecular flexibility index (Phi) is 4.97. The number of benzene rings is 3. The lowest BCUT2D eigenvalue weighted by atomic mass is 10.0. The van der Waals surface area contributed by atoms with Gasteiger partial charge in [-0.15, -0.1) is 11.8 Å². The number of para-hydroxylation sites is 1. The molecule has 0 aliphatic carbocycles. The van der Waals surface area contributed by atoms with Crippen LogP contribution in [0.2, 0.25) is 0 Å². The lowest BCUT2D eigenvalue weighted by Gasteiger charge is -2.33. The standard InChI is InChI=1S/C24H16F4N2O2S/c25-17-7-4-8-18(12-17)30-21(31)14-33-23(30)19-9-1-2-10-20(19)29(22(23)32)13-15-5-3-6-16(11-15)24(26,27)28/h1-12H,13-14H2/t23-/m0/s1. The number of carbonyl (C=O) groups excluding carboxylic acids is 2. The number of rotatable bonds is 3. The van der Waals surface area contributed by atoms with Gasteiger partial charge < -0.3 is 4.90 Å². The Morgan fingerprint density at radius 2 is 1.70 bits per heavy atom. The van der Waals surface area contributed by atoms with E-state index in [0.29, 0.717) is 16.8 Å². The monoisotopic (exact) mass is 472 g/mol. The van der Waals surface area contributed by atoms with E-state index < -0.39 is 28.3 Å². The van der Waals surface area contributed by atoms with Crippen LogP contribution >= 0.6 is 11.8 Å². The Hall–Kier alpha value is -3.33. The molecule has 2 aliphatic heterocycles. The summed E-state index contributed by atoms with van der Waals surface area (Å²) >= 11 is 1.12. The summed E-state index contributed by atoms with van der Waals surface area (Å²) in [6, 6.07) is 17.1. The zero-order chi connectivity index (χ0) is 23.4. The van der Waals surface area contributed by atoms with Gasteiger partial charge in [0.05, 0.1) is 23.5 Å². The highest BCUT2D eigenvalue weighted by Gasteiger charge is 2.61. The van der Waals surface area contributed by atoms with Crippen molar-refractivity contribution >= 4 is 35.0 Å². The number of carbonyl (C=O) groups is 2. The quantitative estimate of drug-likeness (QED) is 0.485. The molecule has 3 aromatic rings. The lowest BCUT2D eigenvalue weighted by molar-refractivity contribution is -0.137. The summed E-state index contributed by atoms with van der Waals surface area (Å²) in [6.45, 7) is -0.104. The zero-order valence-electron chi connectivity index (χ0n) is 17.0. The molecule has 2 aliphatic rings. The Labute approximate surface area is 190 Å². The maximum atomic E-state index is 14.0. The number of nitrogens with zero attached hydrogens (tertiary/aromatic N) is 2. The van der Waals surface area contributed by atoms with Crippen molar-refractivity contribution in [1.29, 1.82) is 0 Å². The van der Waals surface area contributed by atoms with Crippen molar-refractivity contribution in [3.8, 4) is 0 Å². The van der Waals surface area contributed by atoms with Crippen molar-refractivity contribution in [2.45, 2.75) is 17.6 Å². The van der Waals surface area contributed by atoms with Crippen LogP contribution in [0.15, 0.2) is 72.8 Å². The van der Waals surface area contributed by atoms with Crippen molar-refractivity contribution in [2.75, 3.05) is 15.6 Å². The summed E-state index contributed by atoms with van der Waals surface area (Å²) in [4.78, 5) is 28.0. The molecule has 5 rings (SSSR count). The van der Waals surface area contributed by atoms with Gasteiger partial charge in [0.1, 0.15) is 5.82 Å². The van der Waals surface area contributed by atoms with Gasteiger partial charge in [-0.25, -0.2) is 4.39 Å². The van der Waals surface area contributed by atoms with Crippen LogP contribution in [-0.2, 0) is 27.2 Å². The maximum Gasteiger partial charge on any atom is 0.416 e. The van der Waals surface area contributed by atoms with Gasteiger partial charge >= 0.3 is 6.18 Å². The van der Waals surface area contributed by atoms with E-state index in [9.17, 15) is 27.2 Å². The van der Waals surface area contributed by atoms with Gasteiger partial charge in [-0.3, -0.25) is 14.5 Å². The summed E-state index contributed by atoms with van der Waals surface area (Å²) in [5.41, 5.74) is 0.790. The first kappa shape index (κ1) is 21.5. The topological polar surface area (TPSA) is 40.6 Å². The van der Waals surface area contributed by atoms with Gasteiger partial charge in [-0.1, -0.05) is 36.4 Å². The number of hydrogen-bond acceptors (Lipinski definition) is 3. The van der Waals surface area contributed by atoms with E-state index in [1.165, 1.54) is 40.1 Å². The highest BCUT2D eigenvalue weighted by molar-refractivity contribution is 8.02. The fourth-order valence-corrected chi connectivity index (χ4v) is 5.72. The second-order valence-corrected chi connectivity index (χ2v) is 8.92. The minimum absolute atomic E-state index is 0.00792. The van der Waals surface area contributed by atoms with Crippen LogP contribution in [0.4, 0.5) is 28.9 Å². The van der Waals surface area contributed by atoms with Gasteiger partial charge in [-0.05, 0) is 42.0 Å². The first-order valence-corrected chi connectivity index (χ1v) is 11.0.